The summed E-state index contributed by atoms with van der Waals surface area (Å²) in [5.74, 6) is -3.21. The van der Waals surface area contributed by atoms with Gasteiger partial charge in [-0.3, -0.25) is 4.79 Å². The number of nitrogens with two attached hydrogens (primary N) is 1. The smallest absolute Gasteiger partial charge is 0.251 e. The van der Waals surface area contributed by atoms with Crippen LogP contribution in [-0.4, -0.2) is 5.91 Å². The summed E-state index contributed by atoms with van der Waals surface area (Å²) in [6.45, 7) is -0.0842. The number of hydrogen-bond acceptors (Lipinski definition) is 2. The fourth-order valence-electron chi connectivity index (χ4n) is 1.63. The van der Waals surface area contributed by atoms with Crippen LogP contribution in [0.15, 0.2) is 36.4 Å². The lowest BCUT2D eigenvalue weighted by Crippen LogP contribution is -2.23. The van der Waals surface area contributed by atoms with Crippen LogP contribution in [0.5, 0.6) is 0 Å². The molecule has 3 nitrogen and oxygen atoms in total. The van der Waals surface area contributed by atoms with Gasteiger partial charge in [0.15, 0.2) is 0 Å². The largest absolute Gasteiger partial charge is 0.394 e. The van der Waals surface area contributed by atoms with Crippen LogP contribution in [0, 0.1) is 17.5 Å². The fraction of sp³-hybridized carbons (Fsp3) is 0.0714. The average Bonchev–Trinajstić information content (AvgIpc) is 2.43. The summed E-state index contributed by atoms with van der Waals surface area (Å²) in [5, 5.41) is 2.38. The van der Waals surface area contributed by atoms with Gasteiger partial charge in [-0.05, 0) is 18.2 Å². The topological polar surface area (TPSA) is 55.1 Å². The zero-order valence-corrected chi connectivity index (χ0v) is 10.3. The molecule has 2 aromatic carbocycles. The number of amides is 1. The molecule has 0 aliphatic rings. The van der Waals surface area contributed by atoms with Crippen LogP contribution in [0.1, 0.15) is 15.9 Å². The lowest BCUT2D eigenvalue weighted by molar-refractivity contribution is 0.0949. The molecule has 20 heavy (non-hydrogen) atoms. The highest BCUT2D eigenvalue weighted by Gasteiger charge is 2.13. The Morgan fingerprint density at radius 2 is 1.65 bits per heavy atom. The zero-order valence-electron chi connectivity index (χ0n) is 10.3. The Hall–Kier alpha value is -2.50. The van der Waals surface area contributed by atoms with Crippen LogP contribution < -0.4 is 11.1 Å². The second-order valence-corrected chi connectivity index (χ2v) is 4.13. The molecule has 0 saturated carbocycles. The fourth-order valence-corrected chi connectivity index (χ4v) is 1.63. The number of nitrogen functional groups attached to an aromatic ring is 1. The number of nitrogens with one attached hydrogen (secondary N) is 1. The van der Waals surface area contributed by atoms with E-state index in [0.29, 0.717) is 0 Å². The van der Waals surface area contributed by atoms with Gasteiger partial charge >= 0.3 is 0 Å². The summed E-state index contributed by atoms with van der Waals surface area (Å²) in [4.78, 5) is 11.7. The van der Waals surface area contributed by atoms with Crippen LogP contribution in [0.25, 0.3) is 0 Å². The van der Waals surface area contributed by atoms with Gasteiger partial charge < -0.3 is 11.1 Å². The second-order valence-electron chi connectivity index (χ2n) is 4.13. The van der Waals surface area contributed by atoms with Crippen LogP contribution in [0.2, 0.25) is 0 Å². The van der Waals surface area contributed by atoms with Gasteiger partial charge in [-0.1, -0.05) is 18.2 Å². The van der Waals surface area contributed by atoms with E-state index in [0.717, 1.165) is 12.1 Å². The zero-order chi connectivity index (χ0) is 14.7. The summed E-state index contributed by atoms with van der Waals surface area (Å²) in [6, 6.07) is 7.55. The van der Waals surface area contributed by atoms with Gasteiger partial charge in [0.05, 0.1) is 0 Å². The number of benzene rings is 2. The van der Waals surface area contributed by atoms with E-state index in [1.165, 1.54) is 18.2 Å². The molecule has 1 amide bonds. The molecule has 2 aromatic rings. The number of anilines is 1. The quantitative estimate of drug-likeness (QED) is 0.849. The molecule has 0 atom stereocenters. The Labute approximate surface area is 113 Å². The predicted octanol–water partition coefficient (Wildman–Crippen LogP) is 2.62. The number of halogens is 3. The molecular formula is C14H11F3N2O. The monoisotopic (exact) mass is 280 g/mol. The van der Waals surface area contributed by atoms with Crippen molar-refractivity contribution in [2.75, 3.05) is 5.73 Å². The molecule has 0 fully saturated rings. The Kier molecular flexibility index (Phi) is 3.93. The van der Waals surface area contributed by atoms with Crippen molar-refractivity contribution < 1.29 is 18.0 Å². The number of carbonyl (C=O) groups excluding carboxylic acids is 1. The van der Waals surface area contributed by atoms with E-state index in [2.05, 4.69) is 5.32 Å². The van der Waals surface area contributed by atoms with Crippen LogP contribution >= 0.6 is 0 Å². The molecule has 0 aromatic heterocycles. The third kappa shape index (κ3) is 2.90. The van der Waals surface area contributed by atoms with Crippen molar-refractivity contribution in [1.82, 2.24) is 5.32 Å². The molecular weight excluding hydrogens is 269 g/mol. The Balaban J connectivity index is 2.11. The van der Waals surface area contributed by atoms with Gasteiger partial charge in [-0.2, -0.15) is 0 Å². The highest BCUT2D eigenvalue weighted by Crippen LogP contribution is 2.17. The Morgan fingerprint density at radius 3 is 2.25 bits per heavy atom. The Morgan fingerprint density at radius 1 is 1.05 bits per heavy atom. The summed E-state index contributed by atoms with van der Waals surface area (Å²) < 4.78 is 39.8. The molecule has 0 aliphatic carbocycles. The highest BCUT2D eigenvalue weighted by atomic mass is 19.1. The van der Waals surface area contributed by atoms with Crippen molar-refractivity contribution in [3.8, 4) is 0 Å². The van der Waals surface area contributed by atoms with Gasteiger partial charge in [0.25, 0.3) is 5.91 Å². The summed E-state index contributed by atoms with van der Waals surface area (Å²) in [6.07, 6.45) is 0. The first-order valence-corrected chi connectivity index (χ1v) is 5.75. The van der Waals surface area contributed by atoms with E-state index in [4.69, 9.17) is 5.73 Å². The van der Waals surface area contributed by atoms with Crippen molar-refractivity contribution in [2.45, 2.75) is 6.54 Å². The van der Waals surface area contributed by atoms with E-state index in [1.807, 2.05) is 0 Å². The maximum atomic E-state index is 13.3. The lowest BCUT2D eigenvalue weighted by atomic mass is 10.1. The molecule has 6 heteroatoms. The lowest BCUT2D eigenvalue weighted by Gasteiger charge is -2.07. The molecule has 0 heterocycles. The van der Waals surface area contributed by atoms with Crippen molar-refractivity contribution >= 4 is 11.6 Å². The minimum absolute atomic E-state index is 0.0842. The van der Waals surface area contributed by atoms with E-state index in [1.54, 1.807) is 6.07 Å². The number of rotatable bonds is 3. The molecule has 2 rings (SSSR count). The standard InChI is InChI=1S/C14H11F3N2O/c15-10-4-2-1-3-8(10)7-19-14(20)9-5-11(16)13(18)12(17)6-9/h1-6H,7,18H2,(H,19,20). The highest BCUT2D eigenvalue weighted by molar-refractivity contribution is 5.94. The van der Waals surface area contributed by atoms with Crippen LogP contribution in [0.4, 0.5) is 18.9 Å². The average molecular weight is 280 g/mol. The molecule has 0 aliphatic heterocycles. The van der Waals surface area contributed by atoms with E-state index >= 15 is 0 Å². The molecule has 0 radical (unpaired) electrons. The molecule has 0 saturated heterocycles. The first kappa shape index (κ1) is 13.9. The van der Waals surface area contributed by atoms with Crippen molar-refractivity contribution in [2.24, 2.45) is 0 Å². The van der Waals surface area contributed by atoms with Crippen LogP contribution in [0.3, 0.4) is 0 Å². The number of hydrogen-bond donors (Lipinski definition) is 2. The van der Waals surface area contributed by atoms with Gasteiger partial charge in [0.2, 0.25) is 0 Å². The van der Waals surface area contributed by atoms with E-state index < -0.39 is 29.0 Å². The first-order chi connectivity index (χ1) is 9.49. The SMILES string of the molecule is Nc1c(F)cc(C(=O)NCc2ccccc2F)cc1F. The second kappa shape index (κ2) is 5.64. The van der Waals surface area contributed by atoms with E-state index in [-0.39, 0.29) is 17.7 Å². The van der Waals surface area contributed by atoms with Gasteiger partial charge in [-0.15, -0.1) is 0 Å². The molecule has 0 bridgehead atoms. The van der Waals surface area contributed by atoms with Crippen LogP contribution in [-0.2, 0) is 6.54 Å². The normalized spacial score (nSPS) is 10.3. The maximum Gasteiger partial charge on any atom is 0.251 e. The third-order valence-corrected chi connectivity index (χ3v) is 2.74. The molecule has 104 valence electrons. The van der Waals surface area contributed by atoms with Gasteiger partial charge in [0, 0.05) is 17.7 Å². The first-order valence-electron chi connectivity index (χ1n) is 5.75. The minimum Gasteiger partial charge on any atom is -0.394 e. The summed E-state index contributed by atoms with van der Waals surface area (Å²) in [7, 11) is 0. The third-order valence-electron chi connectivity index (χ3n) is 2.74. The predicted molar refractivity (Wildman–Crippen MR) is 68.3 cm³/mol. The summed E-state index contributed by atoms with van der Waals surface area (Å²) >= 11 is 0. The van der Waals surface area contributed by atoms with Crippen molar-refractivity contribution in [3.63, 3.8) is 0 Å². The summed E-state index contributed by atoms with van der Waals surface area (Å²) in [5.41, 5.74) is 4.52. The van der Waals surface area contributed by atoms with Gasteiger partial charge in [-0.25, -0.2) is 13.2 Å². The number of carbonyl (C=O) groups is 1. The molecule has 3 N–H and O–H groups in total. The maximum absolute atomic E-state index is 13.3. The molecule has 0 spiro atoms. The van der Waals surface area contributed by atoms with Gasteiger partial charge in [0.1, 0.15) is 23.1 Å². The van der Waals surface area contributed by atoms with E-state index in [9.17, 15) is 18.0 Å². The van der Waals surface area contributed by atoms with Crippen molar-refractivity contribution in [1.29, 1.82) is 0 Å². The Bertz CT molecular complexity index is 636. The van der Waals surface area contributed by atoms with Crippen molar-refractivity contribution in [3.05, 3.63) is 65.0 Å². The minimum atomic E-state index is -1.01. The molecule has 0 unspecified atom stereocenters.